The van der Waals surface area contributed by atoms with Crippen LogP contribution in [0.3, 0.4) is 0 Å². The minimum Gasteiger partial charge on any atom is -0.380 e. The minimum absolute atomic E-state index is 0.128. The monoisotopic (exact) mass is 265 g/mol. The van der Waals surface area contributed by atoms with Crippen molar-refractivity contribution >= 4 is 0 Å². The number of nitrogens with one attached hydrogen (secondary N) is 1. The second-order valence-electron chi connectivity index (χ2n) is 5.68. The van der Waals surface area contributed by atoms with Crippen LogP contribution < -0.4 is 5.32 Å². The van der Waals surface area contributed by atoms with Gasteiger partial charge < -0.3 is 10.1 Å². The molecule has 0 heterocycles. The smallest absolute Gasteiger partial charge is 0.123 e. The number of fused-ring (bicyclic) bond motifs is 1. The maximum Gasteiger partial charge on any atom is 0.123 e. The molecule has 2 nitrogen and oxygen atoms in total. The van der Waals surface area contributed by atoms with Gasteiger partial charge in [0.25, 0.3) is 0 Å². The Morgan fingerprint density at radius 1 is 1.37 bits per heavy atom. The average Bonchev–Trinajstić information content (AvgIpc) is 2.75. The molecule has 0 radical (unpaired) electrons. The van der Waals surface area contributed by atoms with E-state index in [1.165, 1.54) is 5.56 Å². The fourth-order valence-corrected chi connectivity index (χ4v) is 2.52. The number of halogens is 1. The highest BCUT2D eigenvalue weighted by Gasteiger charge is 2.21. The Morgan fingerprint density at radius 2 is 2.21 bits per heavy atom. The summed E-state index contributed by atoms with van der Waals surface area (Å²) in [4.78, 5) is 0. The van der Waals surface area contributed by atoms with E-state index < -0.39 is 0 Å². The lowest BCUT2D eigenvalue weighted by Crippen LogP contribution is -2.24. The molecule has 0 saturated carbocycles. The summed E-state index contributed by atoms with van der Waals surface area (Å²) >= 11 is 0. The van der Waals surface area contributed by atoms with Gasteiger partial charge in [-0.1, -0.05) is 19.9 Å². The second-order valence-corrected chi connectivity index (χ2v) is 5.68. The molecule has 106 valence electrons. The van der Waals surface area contributed by atoms with Crippen LogP contribution in [0, 0.1) is 11.7 Å². The topological polar surface area (TPSA) is 21.3 Å². The van der Waals surface area contributed by atoms with Gasteiger partial charge in [0.1, 0.15) is 5.82 Å². The summed E-state index contributed by atoms with van der Waals surface area (Å²) in [5, 5.41) is 3.50. The second kappa shape index (κ2) is 7.01. The Bertz CT molecular complexity index is 406. The number of aryl methyl sites for hydroxylation is 1. The van der Waals surface area contributed by atoms with E-state index in [4.69, 9.17) is 4.74 Å². The van der Waals surface area contributed by atoms with Crippen molar-refractivity contribution in [2.45, 2.75) is 39.2 Å². The summed E-state index contributed by atoms with van der Waals surface area (Å²) in [5.74, 6) is 0.570. The molecule has 0 aromatic heterocycles. The van der Waals surface area contributed by atoms with Gasteiger partial charge in [-0.15, -0.1) is 0 Å². The maximum absolute atomic E-state index is 13.1. The highest BCUT2D eigenvalue weighted by molar-refractivity contribution is 5.34. The van der Waals surface area contributed by atoms with E-state index in [9.17, 15) is 4.39 Å². The summed E-state index contributed by atoms with van der Waals surface area (Å²) in [6, 6.07) is 5.49. The molecule has 1 aliphatic rings. The SMILES string of the molecule is CC(C)CCOCCNC1CCc2cc(F)ccc21. The van der Waals surface area contributed by atoms with Crippen molar-refractivity contribution in [2.75, 3.05) is 19.8 Å². The van der Waals surface area contributed by atoms with Crippen molar-refractivity contribution in [3.05, 3.63) is 35.1 Å². The van der Waals surface area contributed by atoms with E-state index in [1.54, 1.807) is 12.1 Å². The zero-order valence-corrected chi connectivity index (χ0v) is 11.9. The van der Waals surface area contributed by atoms with E-state index in [0.29, 0.717) is 12.0 Å². The zero-order valence-electron chi connectivity index (χ0n) is 11.9. The van der Waals surface area contributed by atoms with Gasteiger partial charge in [-0.25, -0.2) is 4.39 Å². The van der Waals surface area contributed by atoms with Gasteiger partial charge in [0.05, 0.1) is 6.61 Å². The minimum atomic E-state index is -0.128. The Hall–Kier alpha value is -0.930. The van der Waals surface area contributed by atoms with Crippen molar-refractivity contribution in [1.29, 1.82) is 0 Å². The predicted molar refractivity (Wildman–Crippen MR) is 75.7 cm³/mol. The first kappa shape index (κ1) is 14.5. The molecule has 3 heteroatoms. The first-order valence-electron chi connectivity index (χ1n) is 7.26. The van der Waals surface area contributed by atoms with Gasteiger partial charge >= 0.3 is 0 Å². The standard InChI is InChI=1S/C16H24FNO/c1-12(2)7-9-19-10-8-18-16-6-3-13-11-14(17)4-5-15(13)16/h4-5,11-12,16,18H,3,6-10H2,1-2H3. The van der Waals surface area contributed by atoms with Crippen molar-refractivity contribution in [3.8, 4) is 0 Å². The molecule has 0 saturated heterocycles. The highest BCUT2D eigenvalue weighted by atomic mass is 19.1. The number of hydrogen-bond acceptors (Lipinski definition) is 2. The van der Waals surface area contributed by atoms with Crippen LogP contribution in [-0.2, 0) is 11.2 Å². The lowest BCUT2D eigenvalue weighted by Gasteiger charge is -2.14. The number of hydrogen-bond donors (Lipinski definition) is 1. The number of rotatable bonds is 7. The van der Waals surface area contributed by atoms with Crippen LogP contribution in [0.15, 0.2) is 18.2 Å². The summed E-state index contributed by atoms with van der Waals surface area (Å²) < 4.78 is 18.7. The molecule has 1 atom stereocenters. The summed E-state index contributed by atoms with van der Waals surface area (Å²) in [6.45, 7) is 6.86. The molecular weight excluding hydrogens is 241 g/mol. The molecule has 1 N–H and O–H groups in total. The lowest BCUT2D eigenvalue weighted by atomic mass is 10.1. The van der Waals surface area contributed by atoms with E-state index in [1.807, 2.05) is 6.07 Å². The Morgan fingerprint density at radius 3 is 3.00 bits per heavy atom. The molecule has 0 aliphatic heterocycles. The third-order valence-electron chi connectivity index (χ3n) is 3.66. The van der Waals surface area contributed by atoms with E-state index in [-0.39, 0.29) is 5.82 Å². The Balaban J connectivity index is 1.69. The van der Waals surface area contributed by atoms with Crippen LogP contribution in [0.4, 0.5) is 4.39 Å². The van der Waals surface area contributed by atoms with Crippen LogP contribution >= 0.6 is 0 Å². The largest absolute Gasteiger partial charge is 0.380 e. The average molecular weight is 265 g/mol. The molecule has 0 amide bonds. The molecule has 0 fully saturated rings. The Kier molecular flexibility index (Phi) is 5.34. The van der Waals surface area contributed by atoms with Crippen LogP contribution in [0.2, 0.25) is 0 Å². The molecule has 2 rings (SSSR count). The highest BCUT2D eigenvalue weighted by Crippen LogP contribution is 2.31. The maximum atomic E-state index is 13.1. The fraction of sp³-hybridized carbons (Fsp3) is 0.625. The van der Waals surface area contributed by atoms with Crippen LogP contribution in [0.25, 0.3) is 0 Å². The molecule has 0 spiro atoms. The fourth-order valence-electron chi connectivity index (χ4n) is 2.52. The van der Waals surface area contributed by atoms with E-state index >= 15 is 0 Å². The molecule has 1 unspecified atom stereocenters. The predicted octanol–water partition coefficient (Wildman–Crippen LogP) is 3.47. The molecule has 0 bridgehead atoms. The summed E-state index contributed by atoms with van der Waals surface area (Å²) in [7, 11) is 0. The third kappa shape index (κ3) is 4.29. The van der Waals surface area contributed by atoms with Gasteiger partial charge in [0.15, 0.2) is 0 Å². The van der Waals surface area contributed by atoms with Crippen molar-refractivity contribution in [3.63, 3.8) is 0 Å². The van der Waals surface area contributed by atoms with Crippen molar-refractivity contribution in [1.82, 2.24) is 5.32 Å². The molecule has 19 heavy (non-hydrogen) atoms. The van der Waals surface area contributed by atoms with Gasteiger partial charge in [-0.3, -0.25) is 0 Å². The van der Waals surface area contributed by atoms with Crippen molar-refractivity contribution < 1.29 is 9.13 Å². The first-order chi connectivity index (χ1) is 9.16. The molecule has 1 aromatic rings. The summed E-state index contributed by atoms with van der Waals surface area (Å²) in [6.07, 6.45) is 3.15. The van der Waals surface area contributed by atoms with Crippen LogP contribution in [0.5, 0.6) is 0 Å². The molecular formula is C16H24FNO. The quantitative estimate of drug-likeness (QED) is 0.762. The van der Waals surface area contributed by atoms with E-state index in [2.05, 4.69) is 19.2 Å². The molecule has 1 aliphatic carbocycles. The zero-order chi connectivity index (χ0) is 13.7. The number of ether oxygens (including phenoxy) is 1. The Labute approximate surface area is 115 Å². The van der Waals surface area contributed by atoms with Gasteiger partial charge in [0.2, 0.25) is 0 Å². The van der Waals surface area contributed by atoms with E-state index in [0.717, 1.165) is 44.6 Å². The summed E-state index contributed by atoms with van der Waals surface area (Å²) in [5.41, 5.74) is 2.40. The van der Waals surface area contributed by atoms with Crippen LogP contribution in [0.1, 0.15) is 43.9 Å². The van der Waals surface area contributed by atoms with Gasteiger partial charge in [0, 0.05) is 19.2 Å². The van der Waals surface area contributed by atoms with Crippen LogP contribution in [-0.4, -0.2) is 19.8 Å². The third-order valence-corrected chi connectivity index (χ3v) is 3.66. The molecule has 1 aromatic carbocycles. The van der Waals surface area contributed by atoms with Crippen molar-refractivity contribution in [2.24, 2.45) is 5.92 Å². The van der Waals surface area contributed by atoms with Gasteiger partial charge in [-0.2, -0.15) is 0 Å². The normalized spacial score (nSPS) is 18.0. The first-order valence-corrected chi connectivity index (χ1v) is 7.26. The lowest BCUT2D eigenvalue weighted by molar-refractivity contribution is 0.123. The number of benzene rings is 1. The van der Waals surface area contributed by atoms with Gasteiger partial charge in [-0.05, 0) is 48.4 Å².